The van der Waals surface area contributed by atoms with Crippen LogP contribution in [0.2, 0.25) is 0 Å². The molecule has 3 aromatic heterocycles. The van der Waals surface area contributed by atoms with E-state index >= 15 is 0 Å². The molecular weight excluding hydrogens is 252 g/mol. The van der Waals surface area contributed by atoms with Crippen LogP contribution < -0.4 is 4.98 Å². The van der Waals surface area contributed by atoms with Crippen LogP contribution in [0.15, 0.2) is 48.9 Å². The summed E-state index contributed by atoms with van der Waals surface area (Å²) in [4.78, 5) is 7.87. The van der Waals surface area contributed by atoms with Crippen LogP contribution in [-0.2, 0) is 0 Å². The summed E-state index contributed by atoms with van der Waals surface area (Å²) in [7, 11) is 0. The fourth-order valence-electron chi connectivity index (χ4n) is 3.06. The first kappa shape index (κ1) is 9.64. The van der Waals surface area contributed by atoms with Crippen molar-refractivity contribution in [3.05, 3.63) is 48.9 Å². The molecule has 2 nitrogen and oxygen atoms in total. The van der Waals surface area contributed by atoms with Crippen LogP contribution in [0, 0.1) is 0 Å². The number of nitrogens with one attached hydrogen (secondary N) is 1. The lowest BCUT2D eigenvalue weighted by Gasteiger charge is -2.05. The van der Waals surface area contributed by atoms with Crippen molar-refractivity contribution in [3.8, 4) is 0 Å². The third-order valence-electron chi connectivity index (χ3n) is 3.81. The molecule has 2 aromatic carbocycles. The molecule has 5 rings (SSSR count). The summed E-state index contributed by atoms with van der Waals surface area (Å²) < 4.78 is 2.65. The Balaban J connectivity index is 2.34. The molecule has 3 heterocycles. The molecule has 0 saturated heterocycles. The third kappa shape index (κ3) is 1.07. The van der Waals surface area contributed by atoms with Crippen molar-refractivity contribution in [2.75, 3.05) is 0 Å². The second-order valence-corrected chi connectivity index (χ2v) is 5.87. The minimum Gasteiger partial charge on any atom is -0.256 e. The van der Waals surface area contributed by atoms with Crippen molar-refractivity contribution in [1.82, 2.24) is 4.98 Å². The lowest BCUT2D eigenvalue weighted by Crippen LogP contribution is -1.98. The van der Waals surface area contributed by atoms with Gasteiger partial charge in [0.25, 0.3) is 0 Å². The van der Waals surface area contributed by atoms with E-state index in [9.17, 15) is 0 Å². The normalized spacial score (nSPS) is 12.2. The third-order valence-corrected chi connectivity index (χ3v) is 4.91. The van der Waals surface area contributed by atoms with Gasteiger partial charge in [0.15, 0.2) is 12.4 Å². The van der Waals surface area contributed by atoms with E-state index in [0.717, 1.165) is 5.52 Å². The fourth-order valence-corrected chi connectivity index (χ4v) is 4.19. The molecule has 0 fully saturated rings. The highest BCUT2D eigenvalue weighted by atomic mass is 32.1. The highest BCUT2D eigenvalue weighted by molar-refractivity contribution is 7.26. The predicted molar refractivity (Wildman–Crippen MR) is 79.9 cm³/mol. The summed E-state index contributed by atoms with van der Waals surface area (Å²) >= 11 is 1.84. The van der Waals surface area contributed by atoms with Gasteiger partial charge in [-0.2, -0.15) is 0 Å². The molecule has 3 heteroatoms. The molecule has 0 aliphatic heterocycles. The molecule has 0 aliphatic rings. The molecule has 19 heavy (non-hydrogen) atoms. The van der Waals surface area contributed by atoms with Gasteiger partial charge in [-0.05, 0) is 12.1 Å². The number of fused-ring (bicyclic) bond motifs is 3. The zero-order valence-corrected chi connectivity index (χ0v) is 10.8. The molecule has 0 amide bonds. The van der Waals surface area contributed by atoms with Crippen LogP contribution in [-0.4, -0.2) is 4.98 Å². The second-order valence-electron chi connectivity index (χ2n) is 4.79. The van der Waals surface area contributed by atoms with Gasteiger partial charge in [0.2, 0.25) is 0 Å². The van der Waals surface area contributed by atoms with Gasteiger partial charge in [0, 0.05) is 32.4 Å². The number of benzene rings is 2. The van der Waals surface area contributed by atoms with E-state index in [1.54, 1.807) is 0 Å². The molecule has 0 atom stereocenters. The Kier molecular flexibility index (Phi) is 1.62. The monoisotopic (exact) mass is 261 g/mol. The molecule has 0 spiro atoms. The highest BCUT2D eigenvalue weighted by Crippen LogP contribution is 2.43. The predicted octanol–water partition coefficient (Wildman–Crippen LogP) is 4.01. The first-order valence-corrected chi connectivity index (χ1v) is 7.06. The Morgan fingerprint density at radius 3 is 2.74 bits per heavy atom. The molecule has 5 aromatic rings. The Bertz CT molecular complexity index is 978. The molecule has 0 saturated carbocycles. The van der Waals surface area contributed by atoms with Crippen molar-refractivity contribution in [1.29, 1.82) is 0 Å². The molecule has 0 bridgehead atoms. The van der Waals surface area contributed by atoms with Crippen molar-refractivity contribution < 1.29 is 4.98 Å². The summed E-state index contributed by atoms with van der Waals surface area (Å²) in [6.07, 6.45) is 6.05. The van der Waals surface area contributed by atoms with Crippen LogP contribution >= 0.6 is 11.3 Å². The molecule has 1 N–H and O–H groups in total. The Labute approximate surface area is 112 Å². The van der Waals surface area contributed by atoms with Gasteiger partial charge in [-0.1, -0.05) is 18.2 Å². The van der Waals surface area contributed by atoms with Gasteiger partial charge < -0.3 is 0 Å². The molecular formula is C16H9N2S+. The Hall–Kier alpha value is -2.26. The van der Waals surface area contributed by atoms with Crippen molar-refractivity contribution in [3.63, 3.8) is 0 Å². The molecule has 0 aliphatic carbocycles. The first-order valence-electron chi connectivity index (χ1n) is 6.24. The zero-order valence-electron chi connectivity index (χ0n) is 9.97. The van der Waals surface area contributed by atoms with Gasteiger partial charge in [-0.3, -0.25) is 4.98 Å². The average Bonchev–Trinajstić information content (AvgIpc) is 2.86. The number of rotatable bonds is 0. The smallest absolute Gasteiger partial charge is 0.185 e. The number of hydrogen-bond donors (Lipinski definition) is 0. The van der Waals surface area contributed by atoms with E-state index in [0.29, 0.717) is 0 Å². The quantitative estimate of drug-likeness (QED) is 0.387. The summed E-state index contributed by atoms with van der Waals surface area (Å²) in [5, 5.41) is 6.49. The molecule has 0 radical (unpaired) electrons. The number of nitrogens with zero attached hydrogens (tertiary/aromatic N) is 1. The largest absolute Gasteiger partial charge is 0.256 e. The summed E-state index contributed by atoms with van der Waals surface area (Å²) in [6, 6.07) is 10.7. The van der Waals surface area contributed by atoms with Crippen LogP contribution in [0.4, 0.5) is 0 Å². The maximum atomic E-state index is 4.60. The number of aromatic nitrogens is 2. The number of hydrogen-bond acceptors (Lipinski definition) is 2. The SMILES string of the molecule is c1cnc2c(c1)c1c[nH+]cc3sc4cccc2c4c31. The topological polar surface area (TPSA) is 27.0 Å². The van der Waals surface area contributed by atoms with E-state index in [1.807, 2.05) is 23.6 Å². The lowest BCUT2D eigenvalue weighted by atomic mass is 9.99. The first-order chi connectivity index (χ1) is 9.43. The molecule has 0 unspecified atom stereocenters. The van der Waals surface area contributed by atoms with Crippen molar-refractivity contribution in [2.45, 2.75) is 0 Å². The number of thiophene rings is 1. The van der Waals surface area contributed by atoms with Gasteiger partial charge in [-0.15, -0.1) is 11.3 Å². The van der Waals surface area contributed by atoms with E-state index < -0.39 is 0 Å². The summed E-state index contributed by atoms with van der Waals surface area (Å²) in [6.45, 7) is 0. The van der Waals surface area contributed by atoms with E-state index in [2.05, 4.69) is 46.6 Å². The van der Waals surface area contributed by atoms with Crippen LogP contribution in [0.1, 0.15) is 0 Å². The van der Waals surface area contributed by atoms with E-state index in [1.165, 1.54) is 36.3 Å². The summed E-state index contributed by atoms with van der Waals surface area (Å²) in [5.41, 5.74) is 1.10. The van der Waals surface area contributed by atoms with Gasteiger partial charge >= 0.3 is 0 Å². The Morgan fingerprint density at radius 2 is 1.74 bits per heavy atom. The Morgan fingerprint density at radius 1 is 0.842 bits per heavy atom. The van der Waals surface area contributed by atoms with Crippen LogP contribution in [0.3, 0.4) is 0 Å². The lowest BCUT2D eigenvalue weighted by molar-refractivity contribution is -0.373. The van der Waals surface area contributed by atoms with Crippen molar-refractivity contribution >= 4 is 53.2 Å². The van der Waals surface area contributed by atoms with E-state index in [4.69, 9.17) is 0 Å². The number of aromatic amines is 1. The van der Waals surface area contributed by atoms with Gasteiger partial charge in [0.1, 0.15) is 0 Å². The fraction of sp³-hybridized carbons (Fsp3) is 0. The van der Waals surface area contributed by atoms with Crippen LogP contribution in [0.5, 0.6) is 0 Å². The van der Waals surface area contributed by atoms with Gasteiger partial charge in [0.05, 0.1) is 15.6 Å². The maximum absolute atomic E-state index is 4.60. The average molecular weight is 261 g/mol. The number of pyridine rings is 2. The minimum atomic E-state index is 1.10. The molecule has 88 valence electrons. The van der Waals surface area contributed by atoms with Gasteiger partial charge in [-0.25, -0.2) is 4.98 Å². The highest BCUT2D eigenvalue weighted by Gasteiger charge is 2.17. The summed E-state index contributed by atoms with van der Waals surface area (Å²) in [5.74, 6) is 0. The minimum absolute atomic E-state index is 1.10. The number of H-pyrrole nitrogens is 1. The van der Waals surface area contributed by atoms with E-state index in [-0.39, 0.29) is 0 Å². The second kappa shape index (κ2) is 3.19. The maximum Gasteiger partial charge on any atom is 0.185 e. The standard InChI is InChI=1S/C16H8N2S/c1-3-10-14-12(5-1)19-13-8-17-7-11(15(13)14)9-4-2-6-18-16(9)10/h1-8H/p+1. The zero-order chi connectivity index (χ0) is 12.4. The van der Waals surface area contributed by atoms with Crippen molar-refractivity contribution in [2.24, 2.45) is 0 Å². The van der Waals surface area contributed by atoms with Crippen LogP contribution in [0.25, 0.3) is 41.8 Å².